The van der Waals surface area contributed by atoms with E-state index < -0.39 is 0 Å². The van der Waals surface area contributed by atoms with Gasteiger partial charge in [-0.25, -0.2) is 0 Å². The van der Waals surface area contributed by atoms with Crippen molar-refractivity contribution < 1.29 is 9.84 Å². The van der Waals surface area contributed by atoms with Gasteiger partial charge in [0.05, 0.1) is 13.2 Å². The van der Waals surface area contributed by atoms with Crippen molar-refractivity contribution >= 4 is 5.69 Å². The lowest BCUT2D eigenvalue weighted by molar-refractivity contribution is 0.136. The fourth-order valence-electron chi connectivity index (χ4n) is 2.97. The van der Waals surface area contributed by atoms with E-state index in [0.717, 1.165) is 25.3 Å². The minimum absolute atomic E-state index is 0.228. The standard InChI is InChI=1S/C16H26N2O2/c1-11(17-3)16-14(6-5-7-15(16)20-4)18-9-8-13(10-18)12(2)19/h5-7,11-13,17,19H,8-10H2,1-4H3. The molecule has 0 spiro atoms. The van der Waals surface area contributed by atoms with Gasteiger partial charge in [-0.2, -0.15) is 0 Å². The van der Waals surface area contributed by atoms with Crippen LogP contribution in [0.3, 0.4) is 0 Å². The molecule has 2 rings (SSSR count). The third kappa shape index (κ3) is 2.91. The first-order valence-electron chi connectivity index (χ1n) is 7.35. The predicted octanol–water partition coefficient (Wildman–Crippen LogP) is 2.18. The highest BCUT2D eigenvalue weighted by Crippen LogP contribution is 2.37. The molecule has 112 valence electrons. The van der Waals surface area contributed by atoms with Gasteiger partial charge in [0.25, 0.3) is 0 Å². The molecule has 4 heteroatoms. The normalized spacial score (nSPS) is 21.9. The van der Waals surface area contributed by atoms with E-state index >= 15 is 0 Å². The fraction of sp³-hybridized carbons (Fsp3) is 0.625. The summed E-state index contributed by atoms with van der Waals surface area (Å²) in [6.45, 7) is 5.93. The van der Waals surface area contributed by atoms with Gasteiger partial charge in [-0.1, -0.05) is 6.07 Å². The summed E-state index contributed by atoms with van der Waals surface area (Å²) in [7, 11) is 3.68. The first-order chi connectivity index (χ1) is 9.58. The molecule has 0 amide bonds. The molecule has 0 aromatic heterocycles. The highest BCUT2D eigenvalue weighted by Gasteiger charge is 2.28. The van der Waals surface area contributed by atoms with Crippen molar-refractivity contribution in [3.8, 4) is 5.75 Å². The van der Waals surface area contributed by atoms with E-state index in [1.807, 2.05) is 26.1 Å². The molecule has 3 atom stereocenters. The van der Waals surface area contributed by atoms with Crippen molar-refractivity contribution in [2.45, 2.75) is 32.4 Å². The van der Waals surface area contributed by atoms with E-state index in [4.69, 9.17) is 4.74 Å². The van der Waals surface area contributed by atoms with Crippen LogP contribution in [0, 0.1) is 5.92 Å². The molecule has 0 aliphatic carbocycles. The second-order valence-electron chi connectivity index (χ2n) is 5.64. The maximum Gasteiger partial charge on any atom is 0.125 e. The van der Waals surface area contributed by atoms with Crippen molar-refractivity contribution in [1.82, 2.24) is 5.32 Å². The second-order valence-corrected chi connectivity index (χ2v) is 5.64. The lowest BCUT2D eigenvalue weighted by atomic mass is 10.0. The molecule has 2 N–H and O–H groups in total. The van der Waals surface area contributed by atoms with Crippen LogP contribution < -0.4 is 15.0 Å². The smallest absolute Gasteiger partial charge is 0.125 e. The number of hydrogen-bond donors (Lipinski definition) is 2. The van der Waals surface area contributed by atoms with Gasteiger partial charge in [0, 0.05) is 36.3 Å². The van der Waals surface area contributed by atoms with Crippen LogP contribution in [0.15, 0.2) is 18.2 Å². The van der Waals surface area contributed by atoms with Crippen LogP contribution in [-0.2, 0) is 0 Å². The summed E-state index contributed by atoms with van der Waals surface area (Å²) < 4.78 is 5.53. The molecule has 0 bridgehead atoms. The molecule has 1 saturated heterocycles. The molecule has 0 radical (unpaired) electrons. The molecule has 1 aliphatic heterocycles. The topological polar surface area (TPSA) is 44.7 Å². The number of aliphatic hydroxyl groups is 1. The van der Waals surface area contributed by atoms with Crippen LogP contribution in [0.5, 0.6) is 5.75 Å². The minimum Gasteiger partial charge on any atom is -0.496 e. The highest BCUT2D eigenvalue weighted by atomic mass is 16.5. The van der Waals surface area contributed by atoms with Crippen molar-refractivity contribution in [2.24, 2.45) is 5.92 Å². The molecule has 4 nitrogen and oxygen atoms in total. The largest absolute Gasteiger partial charge is 0.496 e. The first kappa shape index (κ1) is 15.1. The number of aliphatic hydroxyl groups excluding tert-OH is 1. The second kappa shape index (κ2) is 6.46. The fourth-order valence-corrected chi connectivity index (χ4v) is 2.97. The number of rotatable bonds is 5. The van der Waals surface area contributed by atoms with Crippen molar-refractivity contribution in [1.29, 1.82) is 0 Å². The maximum atomic E-state index is 9.78. The third-order valence-electron chi connectivity index (χ3n) is 4.38. The van der Waals surface area contributed by atoms with Gasteiger partial charge < -0.3 is 20.1 Å². The molecule has 3 unspecified atom stereocenters. The summed E-state index contributed by atoms with van der Waals surface area (Å²) in [5.41, 5.74) is 2.41. The van der Waals surface area contributed by atoms with E-state index in [1.165, 1.54) is 11.3 Å². The van der Waals surface area contributed by atoms with Gasteiger partial charge in [-0.15, -0.1) is 0 Å². The van der Waals surface area contributed by atoms with Crippen LogP contribution in [-0.4, -0.2) is 38.5 Å². The zero-order valence-electron chi connectivity index (χ0n) is 12.9. The van der Waals surface area contributed by atoms with Crippen LogP contribution in [0.4, 0.5) is 5.69 Å². The van der Waals surface area contributed by atoms with E-state index in [1.54, 1.807) is 7.11 Å². The Morgan fingerprint density at radius 2 is 2.15 bits per heavy atom. The van der Waals surface area contributed by atoms with Crippen molar-refractivity contribution in [3.05, 3.63) is 23.8 Å². The number of methoxy groups -OCH3 is 1. The van der Waals surface area contributed by atoms with Crippen LogP contribution in [0.25, 0.3) is 0 Å². The van der Waals surface area contributed by atoms with E-state index in [-0.39, 0.29) is 12.1 Å². The van der Waals surface area contributed by atoms with E-state index in [0.29, 0.717) is 5.92 Å². The zero-order chi connectivity index (χ0) is 14.7. The zero-order valence-corrected chi connectivity index (χ0v) is 12.9. The van der Waals surface area contributed by atoms with Gasteiger partial charge in [-0.05, 0) is 39.4 Å². The maximum absolute atomic E-state index is 9.78. The molecule has 1 aromatic carbocycles. The third-order valence-corrected chi connectivity index (χ3v) is 4.38. The van der Waals surface area contributed by atoms with Gasteiger partial charge in [0.2, 0.25) is 0 Å². The molecule has 1 aliphatic rings. The number of hydrogen-bond acceptors (Lipinski definition) is 4. The number of nitrogens with one attached hydrogen (secondary N) is 1. The quantitative estimate of drug-likeness (QED) is 0.866. The number of nitrogens with zero attached hydrogens (tertiary/aromatic N) is 1. The summed E-state index contributed by atoms with van der Waals surface area (Å²) in [6, 6.07) is 6.42. The Bertz CT molecular complexity index is 448. The number of anilines is 1. The monoisotopic (exact) mass is 278 g/mol. The molecular weight excluding hydrogens is 252 g/mol. The number of benzene rings is 1. The first-order valence-corrected chi connectivity index (χ1v) is 7.35. The Morgan fingerprint density at radius 3 is 2.70 bits per heavy atom. The highest BCUT2D eigenvalue weighted by molar-refractivity contribution is 5.61. The average Bonchev–Trinajstić information content (AvgIpc) is 2.95. The molecule has 1 fully saturated rings. The van der Waals surface area contributed by atoms with Crippen molar-refractivity contribution in [2.75, 3.05) is 32.1 Å². The van der Waals surface area contributed by atoms with Gasteiger partial charge in [0.15, 0.2) is 0 Å². The Labute approximate surface area is 121 Å². The summed E-state index contributed by atoms with van der Waals surface area (Å²) in [5, 5.41) is 13.1. The molecule has 1 heterocycles. The van der Waals surface area contributed by atoms with E-state index in [2.05, 4.69) is 23.2 Å². The summed E-state index contributed by atoms with van der Waals surface area (Å²) in [5.74, 6) is 1.28. The SMILES string of the molecule is CNC(C)c1c(OC)cccc1N1CCC(C(C)O)C1. The van der Waals surface area contributed by atoms with Gasteiger partial charge in [-0.3, -0.25) is 0 Å². The summed E-state index contributed by atoms with van der Waals surface area (Å²) in [6.07, 6.45) is 0.804. The minimum atomic E-state index is -0.240. The van der Waals surface area contributed by atoms with Crippen LogP contribution >= 0.6 is 0 Å². The van der Waals surface area contributed by atoms with Crippen LogP contribution in [0.1, 0.15) is 31.9 Å². The van der Waals surface area contributed by atoms with Gasteiger partial charge >= 0.3 is 0 Å². The Kier molecular flexibility index (Phi) is 4.89. The predicted molar refractivity (Wildman–Crippen MR) is 82.5 cm³/mol. The van der Waals surface area contributed by atoms with E-state index in [9.17, 15) is 5.11 Å². The Hall–Kier alpha value is -1.26. The average molecular weight is 278 g/mol. The molecule has 20 heavy (non-hydrogen) atoms. The lowest BCUT2D eigenvalue weighted by Crippen LogP contribution is -2.26. The van der Waals surface area contributed by atoms with Crippen molar-refractivity contribution in [3.63, 3.8) is 0 Å². The number of ether oxygens (including phenoxy) is 1. The molecule has 0 saturated carbocycles. The lowest BCUT2D eigenvalue weighted by Gasteiger charge is -2.26. The molecular formula is C16H26N2O2. The molecule has 1 aromatic rings. The Balaban J connectivity index is 2.32. The van der Waals surface area contributed by atoms with Crippen LogP contribution in [0.2, 0.25) is 0 Å². The summed E-state index contributed by atoms with van der Waals surface area (Å²) in [4.78, 5) is 2.36. The van der Waals surface area contributed by atoms with Gasteiger partial charge in [0.1, 0.15) is 5.75 Å². The Morgan fingerprint density at radius 1 is 1.40 bits per heavy atom. The summed E-state index contributed by atoms with van der Waals surface area (Å²) >= 11 is 0.